The summed E-state index contributed by atoms with van der Waals surface area (Å²) in [5.41, 5.74) is 0.162. The molecule has 1 saturated heterocycles. The Morgan fingerprint density at radius 2 is 2.31 bits per heavy atom. The standard InChI is InChI=1S/C10H10FN3O2/c11-8-3-7(4-12-5-8)10(16)14-2-1-13-9(15)6-14/h3-5H,1-2,6H2,(H,13,15). The number of nitrogens with one attached hydrogen (secondary N) is 1. The molecule has 84 valence electrons. The van der Waals surface area contributed by atoms with Crippen molar-refractivity contribution in [3.63, 3.8) is 0 Å². The van der Waals surface area contributed by atoms with Crippen LogP contribution in [0.5, 0.6) is 0 Å². The van der Waals surface area contributed by atoms with Crippen LogP contribution in [-0.2, 0) is 4.79 Å². The lowest BCUT2D eigenvalue weighted by atomic mass is 10.2. The number of nitrogens with zero attached hydrogens (tertiary/aromatic N) is 2. The van der Waals surface area contributed by atoms with E-state index in [0.717, 1.165) is 12.3 Å². The highest BCUT2D eigenvalue weighted by atomic mass is 19.1. The number of rotatable bonds is 1. The summed E-state index contributed by atoms with van der Waals surface area (Å²) < 4.78 is 12.9. The first kappa shape index (κ1) is 10.5. The lowest BCUT2D eigenvalue weighted by Gasteiger charge is -2.26. The SMILES string of the molecule is O=C1CN(C(=O)c2cncc(F)c2)CCN1. The Morgan fingerprint density at radius 1 is 1.50 bits per heavy atom. The fourth-order valence-electron chi connectivity index (χ4n) is 1.52. The van der Waals surface area contributed by atoms with Gasteiger partial charge in [0.15, 0.2) is 0 Å². The van der Waals surface area contributed by atoms with E-state index in [1.165, 1.54) is 11.1 Å². The number of carbonyl (C=O) groups excluding carboxylic acids is 2. The zero-order chi connectivity index (χ0) is 11.5. The highest BCUT2D eigenvalue weighted by Crippen LogP contribution is 2.06. The Bertz CT molecular complexity index is 436. The third-order valence-corrected chi connectivity index (χ3v) is 2.28. The second-order valence-corrected chi connectivity index (χ2v) is 3.47. The molecule has 16 heavy (non-hydrogen) atoms. The van der Waals surface area contributed by atoms with E-state index in [4.69, 9.17) is 0 Å². The lowest BCUT2D eigenvalue weighted by molar-refractivity contribution is -0.123. The van der Waals surface area contributed by atoms with Gasteiger partial charge < -0.3 is 10.2 Å². The summed E-state index contributed by atoms with van der Waals surface area (Å²) in [4.78, 5) is 27.9. The number of piperazine rings is 1. The molecule has 0 aliphatic carbocycles. The minimum Gasteiger partial charge on any atom is -0.353 e. The minimum absolute atomic E-state index is 0.00927. The van der Waals surface area contributed by atoms with Crippen LogP contribution in [0.25, 0.3) is 0 Å². The van der Waals surface area contributed by atoms with Crippen molar-refractivity contribution in [2.75, 3.05) is 19.6 Å². The Labute approximate surface area is 91.3 Å². The number of hydrogen-bond acceptors (Lipinski definition) is 3. The summed E-state index contributed by atoms with van der Waals surface area (Å²) in [6.07, 6.45) is 2.32. The predicted molar refractivity (Wildman–Crippen MR) is 53.1 cm³/mol. The highest BCUT2D eigenvalue weighted by molar-refractivity contribution is 5.96. The number of amides is 2. The maximum Gasteiger partial charge on any atom is 0.256 e. The zero-order valence-corrected chi connectivity index (χ0v) is 8.44. The van der Waals surface area contributed by atoms with Crippen LogP contribution in [0.15, 0.2) is 18.5 Å². The average Bonchev–Trinajstić information content (AvgIpc) is 2.28. The van der Waals surface area contributed by atoms with E-state index in [1.807, 2.05) is 0 Å². The van der Waals surface area contributed by atoms with Crippen LogP contribution in [0.1, 0.15) is 10.4 Å². The minimum atomic E-state index is -0.563. The number of carbonyl (C=O) groups is 2. The van der Waals surface area contributed by atoms with Crippen LogP contribution in [0.4, 0.5) is 4.39 Å². The van der Waals surface area contributed by atoms with Crippen LogP contribution >= 0.6 is 0 Å². The number of pyridine rings is 1. The van der Waals surface area contributed by atoms with E-state index in [2.05, 4.69) is 10.3 Å². The van der Waals surface area contributed by atoms with Gasteiger partial charge in [0.1, 0.15) is 5.82 Å². The third kappa shape index (κ3) is 2.16. The normalized spacial score (nSPS) is 15.8. The van der Waals surface area contributed by atoms with Crippen molar-refractivity contribution in [2.45, 2.75) is 0 Å². The van der Waals surface area contributed by atoms with Crippen molar-refractivity contribution in [2.24, 2.45) is 0 Å². The average molecular weight is 223 g/mol. The smallest absolute Gasteiger partial charge is 0.256 e. The van der Waals surface area contributed by atoms with Gasteiger partial charge in [-0.15, -0.1) is 0 Å². The maximum atomic E-state index is 12.9. The molecule has 2 rings (SSSR count). The van der Waals surface area contributed by atoms with Gasteiger partial charge in [0, 0.05) is 19.3 Å². The zero-order valence-electron chi connectivity index (χ0n) is 8.44. The molecule has 1 N–H and O–H groups in total. The van der Waals surface area contributed by atoms with E-state index in [9.17, 15) is 14.0 Å². The second-order valence-electron chi connectivity index (χ2n) is 3.47. The molecule has 0 radical (unpaired) electrons. The number of aromatic nitrogens is 1. The molecular weight excluding hydrogens is 213 g/mol. The molecule has 0 spiro atoms. The van der Waals surface area contributed by atoms with Gasteiger partial charge in [-0.2, -0.15) is 0 Å². The van der Waals surface area contributed by atoms with E-state index >= 15 is 0 Å². The topological polar surface area (TPSA) is 62.3 Å². The largest absolute Gasteiger partial charge is 0.353 e. The van der Waals surface area contributed by atoms with Crippen LogP contribution in [0.3, 0.4) is 0 Å². The molecule has 1 aliphatic rings. The van der Waals surface area contributed by atoms with E-state index in [1.54, 1.807) is 0 Å². The molecule has 0 atom stereocenters. The molecule has 0 aromatic carbocycles. The summed E-state index contributed by atoms with van der Waals surface area (Å²) >= 11 is 0. The Balaban J connectivity index is 2.15. The monoisotopic (exact) mass is 223 g/mol. The first-order valence-corrected chi connectivity index (χ1v) is 4.83. The van der Waals surface area contributed by atoms with Gasteiger partial charge in [-0.1, -0.05) is 0 Å². The van der Waals surface area contributed by atoms with E-state index in [0.29, 0.717) is 13.1 Å². The van der Waals surface area contributed by atoms with Crippen molar-refractivity contribution >= 4 is 11.8 Å². The summed E-state index contributed by atoms with van der Waals surface area (Å²) in [6, 6.07) is 1.11. The molecule has 1 aromatic heterocycles. The third-order valence-electron chi connectivity index (χ3n) is 2.28. The van der Waals surface area contributed by atoms with Crippen molar-refractivity contribution < 1.29 is 14.0 Å². The van der Waals surface area contributed by atoms with Crippen LogP contribution in [0, 0.1) is 5.82 Å². The van der Waals surface area contributed by atoms with E-state index < -0.39 is 5.82 Å². The Kier molecular flexibility index (Phi) is 2.80. The first-order valence-electron chi connectivity index (χ1n) is 4.83. The van der Waals surface area contributed by atoms with Crippen LogP contribution in [0.2, 0.25) is 0 Å². The molecule has 0 unspecified atom stereocenters. The molecular formula is C10H10FN3O2. The second kappa shape index (κ2) is 4.26. The van der Waals surface area contributed by atoms with Crippen molar-refractivity contribution in [3.8, 4) is 0 Å². The van der Waals surface area contributed by atoms with Crippen molar-refractivity contribution in [3.05, 3.63) is 29.8 Å². The van der Waals surface area contributed by atoms with Gasteiger partial charge in [0.25, 0.3) is 5.91 Å². The maximum absolute atomic E-state index is 12.9. The fraction of sp³-hybridized carbons (Fsp3) is 0.300. The molecule has 1 aliphatic heterocycles. The lowest BCUT2D eigenvalue weighted by Crippen LogP contribution is -2.50. The number of halogens is 1. The molecule has 0 saturated carbocycles. The van der Waals surface area contributed by atoms with Gasteiger partial charge >= 0.3 is 0 Å². The highest BCUT2D eigenvalue weighted by Gasteiger charge is 2.22. The van der Waals surface area contributed by atoms with Gasteiger partial charge in [-0.25, -0.2) is 4.39 Å². The fourth-order valence-corrected chi connectivity index (χ4v) is 1.52. The van der Waals surface area contributed by atoms with Gasteiger partial charge in [0.2, 0.25) is 5.91 Å². The summed E-state index contributed by atoms with van der Waals surface area (Å²) in [6.45, 7) is 0.865. The molecule has 0 bridgehead atoms. The molecule has 5 nitrogen and oxygen atoms in total. The molecule has 1 fully saturated rings. The Hall–Kier alpha value is -1.98. The molecule has 2 amide bonds. The van der Waals surface area contributed by atoms with Gasteiger partial charge in [-0.05, 0) is 6.07 Å². The van der Waals surface area contributed by atoms with Crippen LogP contribution in [-0.4, -0.2) is 41.3 Å². The van der Waals surface area contributed by atoms with Crippen molar-refractivity contribution in [1.29, 1.82) is 0 Å². The quantitative estimate of drug-likeness (QED) is 0.716. The van der Waals surface area contributed by atoms with Gasteiger partial charge in [0.05, 0.1) is 18.3 Å². The summed E-state index contributed by atoms with van der Waals surface area (Å²) in [5.74, 6) is -1.14. The van der Waals surface area contributed by atoms with E-state index in [-0.39, 0.29) is 23.9 Å². The summed E-state index contributed by atoms with van der Waals surface area (Å²) in [5, 5.41) is 2.61. The Morgan fingerprint density at radius 3 is 3.00 bits per heavy atom. The molecule has 6 heteroatoms. The summed E-state index contributed by atoms with van der Waals surface area (Å²) in [7, 11) is 0. The van der Waals surface area contributed by atoms with Crippen LogP contribution < -0.4 is 5.32 Å². The van der Waals surface area contributed by atoms with Gasteiger partial charge in [-0.3, -0.25) is 14.6 Å². The van der Waals surface area contributed by atoms with Crippen molar-refractivity contribution in [1.82, 2.24) is 15.2 Å². The predicted octanol–water partition coefficient (Wildman–Crippen LogP) is -0.207. The first-order chi connectivity index (χ1) is 7.66. The molecule has 1 aromatic rings. The number of hydrogen-bond donors (Lipinski definition) is 1. The molecule has 2 heterocycles.